The fraction of sp³-hybridized carbons (Fsp3) is 0.500. The number of amides is 1. The normalized spacial score (nSPS) is 10.2. The van der Waals surface area contributed by atoms with E-state index in [2.05, 4.69) is 6.92 Å². The highest BCUT2D eigenvalue weighted by atomic mass is 16.3. The van der Waals surface area contributed by atoms with Crippen molar-refractivity contribution in [1.82, 2.24) is 0 Å². The lowest BCUT2D eigenvalue weighted by atomic mass is 10.2. The molecule has 0 aromatic heterocycles. The number of hydrogen-bond acceptors (Lipinski definition) is 1. The summed E-state index contributed by atoms with van der Waals surface area (Å²) in [4.78, 5) is 13.8. The van der Waals surface area contributed by atoms with Gasteiger partial charge in [-0.15, -0.1) is 0 Å². The zero-order valence-corrected chi connectivity index (χ0v) is 10.4. The van der Waals surface area contributed by atoms with E-state index in [-0.39, 0.29) is 12.5 Å². The van der Waals surface area contributed by atoms with Gasteiger partial charge in [-0.05, 0) is 25.0 Å². The van der Waals surface area contributed by atoms with Gasteiger partial charge in [0.15, 0.2) is 0 Å². The van der Waals surface area contributed by atoms with Crippen LogP contribution in [0, 0.1) is 0 Å². The molecule has 93 valence electrons. The molecule has 0 N–H and O–H groups in total. The maximum atomic E-state index is 12.0. The Morgan fingerprint density at radius 2 is 1.88 bits per heavy atom. The van der Waals surface area contributed by atoms with E-state index in [9.17, 15) is 9.90 Å². The monoisotopic (exact) mass is 234 g/mol. The summed E-state index contributed by atoms with van der Waals surface area (Å²) in [7, 11) is 0. The summed E-state index contributed by atoms with van der Waals surface area (Å²) in [5.74, 6) is 0.117. The molecule has 1 aromatic rings. The van der Waals surface area contributed by atoms with Crippen LogP contribution in [0.25, 0.3) is 0 Å². The fourth-order valence-corrected chi connectivity index (χ4v) is 1.69. The zero-order chi connectivity index (χ0) is 12.5. The van der Waals surface area contributed by atoms with Gasteiger partial charge in [-0.25, -0.2) is 5.11 Å². The van der Waals surface area contributed by atoms with Crippen LogP contribution in [-0.2, 0) is 9.90 Å². The number of nitrogens with zero attached hydrogens (tertiary/aromatic N) is 1. The molecule has 0 fully saturated rings. The number of anilines is 1. The second-order valence-electron chi connectivity index (χ2n) is 4.04. The van der Waals surface area contributed by atoms with Crippen LogP contribution in [-0.4, -0.2) is 19.1 Å². The van der Waals surface area contributed by atoms with Crippen molar-refractivity contribution in [2.45, 2.75) is 32.6 Å². The summed E-state index contributed by atoms with van der Waals surface area (Å²) in [6, 6.07) is 9.56. The number of hydrogen-bond donors (Lipinski definition) is 0. The van der Waals surface area contributed by atoms with Gasteiger partial charge in [0.2, 0.25) is 5.91 Å². The maximum absolute atomic E-state index is 12.0. The minimum Gasteiger partial charge on any atom is -0.312 e. The Hall–Kier alpha value is -1.35. The molecule has 0 aliphatic rings. The number of carbonyl (C=O) groups is 1. The first-order valence-electron chi connectivity index (χ1n) is 6.23. The van der Waals surface area contributed by atoms with Crippen molar-refractivity contribution in [3.63, 3.8) is 0 Å². The third-order valence-corrected chi connectivity index (χ3v) is 2.64. The summed E-state index contributed by atoms with van der Waals surface area (Å²) >= 11 is 0. The third-order valence-electron chi connectivity index (χ3n) is 2.64. The molecule has 0 bridgehead atoms. The average molecular weight is 234 g/mol. The van der Waals surface area contributed by atoms with Crippen molar-refractivity contribution in [2.75, 3.05) is 18.1 Å². The molecule has 0 atom stereocenters. The van der Waals surface area contributed by atoms with E-state index in [0.717, 1.165) is 18.5 Å². The Balaban J connectivity index is 2.69. The Labute approximate surface area is 103 Å². The SMILES string of the molecule is CCCCC(=O)N(CCC[O])c1ccccc1. The molecule has 3 nitrogen and oxygen atoms in total. The van der Waals surface area contributed by atoms with Gasteiger partial charge < -0.3 is 4.90 Å². The highest BCUT2D eigenvalue weighted by molar-refractivity contribution is 5.93. The second-order valence-corrected chi connectivity index (χ2v) is 4.04. The number of unbranched alkanes of at least 4 members (excludes halogenated alkanes) is 1. The molecule has 0 spiro atoms. The molecule has 0 aliphatic carbocycles. The van der Waals surface area contributed by atoms with Crippen LogP contribution >= 0.6 is 0 Å². The molecule has 0 aliphatic heterocycles. The van der Waals surface area contributed by atoms with Crippen LogP contribution in [0.1, 0.15) is 32.6 Å². The molecule has 1 rings (SSSR count). The van der Waals surface area contributed by atoms with E-state index < -0.39 is 0 Å². The Morgan fingerprint density at radius 3 is 2.47 bits per heavy atom. The minimum atomic E-state index is -0.135. The predicted octanol–water partition coefficient (Wildman–Crippen LogP) is 3.03. The Kier molecular flexibility index (Phi) is 6.33. The molecule has 0 saturated carbocycles. The molecule has 1 amide bonds. The van der Waals surface area contributed by atoms with Crippen molar-refractivity contribution in [2.24, 2.45) is 0 Å². The van der Waals surface area contributed by atoms with Crippen molar-refractivity contribution in [3.05, 3.63) is 30.3 Å². The Morgan fingerprint density at radius 1 is 1.18 bits per heavy atom. The van der Waals surface area contributed by atoms with Gasteiger partial charge in [-0.1, -0.05) is 31.5 Å². The lowest BCUT2D eigenvalue weighted by molar-refractivity contribution is -0.118. The van der Waals surface area contributed by atoms with Crippen molar-refractivity contribution >= 4 is 11.6 Å². The van der Waals surface area contributed by atoms with Crippen molar-refractivity contribution in [3.8, 4) is 0 Å². The summed E-state index contributed by atoms with van der Waals surface area (Å²) in [6.45, 7) is 2.46. The van der Waals surface area contributed by atoms with Gasteiger partial charge in [0.1, 0.15) is 0 Å². The summed E-state index contributed by atoms with van der Waals surface area (Å²) in [6.07, 6.45) is 2.98. The fourth-order valence-electron chi connectivity index (χ4n) is 1.69. The van der Waals surface area contributed by atoms with E-state index in [1.165, 1.54) is 0 Å². The second kappa shape index (κ2) is 7.85. The van der Waals surface area contributed by atoms with Crippen molar-refractivity contribution in [1.29, 1.82) is 0 Å². The van der Waals surface area contributed by atoms with Crippen LogP contribution in [0.5, 0.6) is 0 Å². The highest BCUT2D eigenvalue weighted by Gasteiger charge is 2.14. The van der Waals surface area contributed by atoms with Crippen LogP contribution in [0.15, 0.2) is 30.3 Å². The number of carbonyl (C=O) groups excluding carboxylic acids is 1. The topological polar surface area (TPSA) is 40.2 Å². The standard InChI is InChI=1S/C14H20NO2/c1-2-3-10-14(17)15(11-7-12-16)13-8-5-4-6-9-13/h4-6,8-9H,2-3,7,10-12H2,1H3. The Bertz CT molecular complexity index is 324. The summed E-state index contributed by atoms with van der Waals surface area (Å²) in [5, 5.41) is 10.6. The summed E-state index contributed by atoms with van der Waals surface area (Å²) in [5.41, 5.74) is 0.891. The zero-order valence-electron chi connectivity index (χ0n) is 10.4. The van der Waals surface area contributed by atoms with E-state index in [0.29, 0.717) is 19.4 Å². The molecule has 3 heteroatoms. The van der Waals surface area contributed by atoms with E-state index in [1.54, 1.807) is 4.90 Å². The first-order chi connectivity index (χ1) is 8.29. The molecule has 1 radical (unpaired) electrons. The van der Waals surface area contributed by atoms with Gasteiger partial charge in [0, 0.05) is 18.7 Å². The smallest absolute Gasteiger partial charge is 0.226 e. The first-order valence-corrected chi connectivity index (χ1v) is 6.23. The number of benzene rings is 1. The van der Waals surface area contributed by atoms with Crippen LogP contribution in [0.2, 0.25) is 0 Å². The van der Waals surface area contributed by atoms with Crippen LogP contribution in [0.4, 0.5) is 5.69 Å². The largest absolute Gasteiger partial charge is 0.312 e. The third kappa shape index (κ3) is 4.57. The number of para-hydroxylation sites is 1. The van der Waals surface area contributed by atoms with Crippen LogP contribution in [0.3, 0.4) is 0 Å². The molecule has 0 saturated heterocycles. The number of rotatable bonds is 7. The molecular formula is C14H20NO2. The van der Waals surface area contributed by atoms with E-state index in [4.69, 9.17) is 0 Å². The lowest BCUT2D eigenvalue weighted by Gasteiger charge is -2.22. The van der Waals surface area contributed by atoms with Crippen LogP contribution < -0.4 is 4.90 Å². The average Bonchev–Trinajstić information content (AvgIpc) is 2.38. The van der Waals surface area contributed by atoms with Gasteiger partial charge in [0.05, 0.1) is 6.61 Å². The van der Waals surface area contributed by atoms with E-state index >= 15 is 0 Å². The highest BCUT2D eigenvalue weighted by Crippen LogP contribution is 2.15. The van der Waals surface area contributed by atoms with Gasteiger partial charge in [-0.3, -0.25) is 4.79 Å². The maximum Gasteiger partial charge on any atom is 0.226 e. The molecule has 0 unspecified atom stereocenters. The van der Waals surface area contributed by atoms with Gasteiger partial charge in [-0.2, -0.15) is 0 Å². The predicted molar refractivity (Wildman–Crippen MR) is 68.5 cm³/mol. The molecule has 1 aromatic carbocycles. The lowest BCUT2D eigenvalue weighted by Crippen LogP contribution is -2.32. The molecular weight excluding hydrogens is 214 g/mol. The van der Waals surface area contributed by atoms with Gasteiger partial charge in [0.25, 0.3) is 0 Å². The quantitative estimate of drug-likeness (QED) is 0.714. The minimum absolute atomic E-state index is 0.117. The van der Waals surface area contributed by atoms with Gasteiger partial charge >= 0.3 is 0 Å². The molecule has 0 heterocycles. The van der Waals surface area contributed by atoms with Crippen molar-refractivity contribution < 1.29 is 9.90 Å². The summed E-state index contributed by atoms with van der Waals surface area (Å²) < 4.78 is 0. The first kappa shape index (κ1) is 13.7. The van der Waals surface area contributed by atoms with E-state index in [1.807, 2.05) is 30.3 Å². The molecule has 17 heavy (non-hydrogen) atoms.